The van der Waals surface area contributed by atoms with E-state index in [-0.39, 0.29) is 5.54 Å². The lowest BCUT2D eigenvalue weighted by atomic mass is 10.1. The van der Waals surface area contributed by atoms with Crippen LogP contribution in [0.15, 0.2) is 30.3 Å². The van der Waals surface area contributed by atoms with Gasteiger partial charge in [0.2, 0.25) is 0 Å². The van der Waals surface area contributed by atoms with E-state index in [0.29, 0.717) is 6.04 Å². The van der Waals surface area contributed by atoms with Crippen LogP contribution in [-0.4, -0.2) is 18.1 Å². The molecule has 0 heterocycles. The summed E-state index contributed by atoms with van der Waals surface area (Å²) in [7, 11) is 0. The van der Waals surface area contributed by atoms with Gasteiger partial charge in [0, 0.05) is 24.0 Å². The lowest BCUT2D eigenvalue weighted by Crippen LogP contribution is -2.37. The van der Waals surface area contributed by atoms with Gasteiger partial charge in [-0.15, -0.1) is 0 Å². The largest absolute Gasteiger partial charge is 0.324 e. The van der Waals surface area contributed by atoms with Gasteiger partial charge in [0.1, 0.15) is 0 Å². The third-order valence-corrected chi connectivity index (χ3v) is 3.63. The van der Waals surface area contributed by atoms with Gasteiger partial charge in [-0.05, 0) is 24.8 Å². The van der Waals surface area contributed by atoms with Crippen molar-refractivity contribution < 1.29 is 0 Å². The predicted octanol–water partition coefficient (Wildman–Crippen LogP) is 1.62. The normalized spacial score (nSPS) is 31.3. The summed E-state index contributed by atoms with van der Waals surface area (Å²) in [5, 5.41) is 3.58. The van der Waals surface area contributed by atoms with Gasteiger partial charge >= 0.3 is 0 Å². The average Bonchev–Trinajstić information content (AvgIpc) is 3.14. The van der Waals surface area contributed by atoms with Crippen LogP contribution in [0.5, 0.6) is 0 Å². The van der Waals surface area contributed by atoms with E-state index in [0.717, 1.165) is 12.5 Å². The highest BCUT2D eigenvalue weighted by atomic mass is 15.0. The molecule has 3 N–H and O–H groups in total. The highest BCUT2D eigenvalue weighted by Crippen LogP contribution is 2.41. The Morgan fingerprint density at radius 2 is 2.00 bits per heavy atom. The van der Waals surface area contributed by atoms with Crippen molar-refractivity contribution in [2.24, 2.45) is 5.73 Å². The molecule has 2 saturated carbocycles. The molecule has 1 aromatic carbocycles. The zero-order valence-corrected chi connectivity index (χ0v) is 8.95. The molecule has 0 radical (unpaired) electrons. The van der Waals surface area contributed by atoms with E-state index < -0.39 is 0 Å². The Hall–Kier alpha value is -0.860. The molecule has 2 heteroatoms. The van der Waals surface area contributed by atoms with Gasteiger partial charge in [-0.25, -0.2) is 0 Å². The molecule has 2 aliphatic carbocycles. The minimum Gasteiger partial charge on any atom is -0.324 e. The highest BCUT2D eigenvalue weighted by Gasteiger charge is 2.43. The van der Waals surface area contributed by atoms with Gasteiger partial charge in [0.25, 0.3) is 0 Å². The molecule has 3 rings (SSSR count). The molecule has 0 bridgehead atoms. The second-order valence-corrected chi connectivity index (χ2v) is 5.10. The Kier molecular flexibility index (Phi) is 2.08. The summed E-state index contributed by atoms with van der Waals surface area (Å²) < 4.78 is 0. The number of rotatable bonds is 4. The third-order valence-electron chi connectivity index (χ3n) is 3.63. The van der Waals surface area contributed by atoms with E-state index in [1.807, 2.05) is 0 Å². The first-order valence-corrected chi connectivity index (χ1v) is 5.84. The van der Waals surface area contributed by atoms with E-state index in [1.54, 1.807) is 0 Å². The number of nitrogens with one attached hydrogen (secondary N) is 1. The van der Waals surface area contributed by atoms with Crippen LogP contribution in [0.3, 0.4) is 0 Å². The van der Waals surface area contributed by atoms with Gasteiger partial charge in [-0.2, -0.15) is 0 Å². The first-order valence-electron chi connectivity index (χ1n) is 5.84. The molecule has 0 aliphatic heterocycles. The number of nitrogens with two attached hydrogens (primary N) is 1. The summed E-state index contributed by atoms with van der Waals surface area (Å²) in [6.07, 6.45) is 3.67. The van der Waals surface area contributed by atoms with Crippen LogP contribution >= 0.6 is 0 Å². The molecule has 80 valence electrons. The van der Waals surface area contributed by atoms with Crippen LogP contribution in [0.25, 0.3) is 0 Å². The van der Waals surface area contributed by atoms with Crippen LogP contribution in [0.2, 0.25) is 0 Å². The minimum atomic E-state index is 0.143. The average molecular weight is 202 g/mol. The highest BCUT2D eigenvalue weighted by molar-refractivity contribution is 5.27. The molecule has 2 nitrogen and oxygen atoms in total. The molecule has 0 spiro atoms. The number of hydrogen-bond donors (Lipinski definition) is 2. The Balaban J connectivity index is 1.52. The molecule has 0 aromatic heterocycles. The molecule has 2 aliphatic rings. The second kappa shape index (κ2) is 3.32. The molecule has 2 atom stereocenters. The first-order chi connectivity index (χ1) is 7.27. The van der Waals surface area contributed by atoms with Gasteiger partial charge in [0.05, 0.1) is 0 Å². The molecule has 1 unspecified atom stereocenters. The Bertz CT molecular complexity index is 343. The predicted molar refractivity (Wildman–Crippen MR) is 61.7 cm³/mol. The third kappa shape index (κ3) is 2.06. The van der Waals surface area contributed by atoms with Gasteiger partial charge in [-0.1, -0.05) is 30.3 Å². The standard InChI is InChI=1S/C13H18N2/c14-13(6-7-13)9-15-12-8-11(12)10-4-2-1-3-5-10/h1-5,11-12,15H,6-9,14H2/t11?,12-/m0/s1. The number of benzene rings is 1. The van der Waals surface area contributed by atoms with E-state index in [9.17, 15) is 0 Å². The molecular weight excluding hydrogens is 184 g/mol. The van der Waals surface area contributed by atoms with Crippen LogP contribution in [0, 0.1) is 0 Å². The summed E-state index contributed by atoms with van der Waals surface area (Å²) in [4.78, 5) is 0. The Morgan fingerprint density at radius 1 is 1.27 bits per heavy atom. The van der Waals surface area contributed by atoms with Crippen molar-refractivity contribution in [2.45, 2.75) is 36.8 Å². The summed E-state index contributed by atoms with van der Waals surface area (Å²) in [5.41, 5.74) is 7.66. The zero-order chi connectivity index (χ0) is 10.3. The molecular formula is C13H18N2. The summed E-state index contributed by atoms with van der Waals surface area (Å²) in [5.74, 6) is 0.730. The van der Waals surface area contributed by atoms with Crippen LogP contribution in [0.1, 0.15) is 30.7 Å². The summed E-state index contributed by atoms with van der Waals surface area (Å²) in [6.45, 7) is 1.00. The first kappa shape index (κ1) is 9.37. The maximum absolute atomic E-state index is 6.04. The second-order valence-electron chi connectivity index (χ2n) is 5.10. The molecule has 0 saturated heterocycles. The monoisotopic (exact) mass is 202 g/mol. The van der Waals surface area contributed by atoms with E-state index in [4.69, 9.17) is 5.73 Å². The summed E-state index contributed by atoms with van der Waals surface area (Å²) >= 11 is 0. The van der Waals surface area contributed by atoms with Gasteiger partial charge in [0.15, 0.2) is 0 Å². The van der Waals surface area contributed by atoms with E-state index >= 15 is 0 Å². The van der Waals surface area contributed by atoms with E-state index in [1.165, 1.54) is 24.8 Å². The quantitative estimate of drug-likeness (QED) is 0.778. The van der Waals surface area contributed by atoms with Crippen molar-refractivity contribution in [2.75, 3.05) is 6.54 Å². The maximum atomic E-state index is 6.04. The molecule has 15 heavy (non-hydrogen) atoms. The molecule has 0 amide bonds. The SMILES string of the molecule is NC1(CN[C@H]2CC2c2ccccc2)CC1. The smallest absolute Gasteiger partial charge is 0.0282 e. The van der Waals surface area contributed by atoms with Crippen LogP contribution in [0.4, 0.5) is 0 Å². The fourth-order valence-electron chi connectivity index (χ4n) is 2.16. The van der Waals surface area contributed by atoms with Crippen LogP contribution in [-0.2, 0) is 0 Å². The Labute approximate surface area is 90.9 Å². The van der Waals surface area contributed by atoms with Crippen molar-refractivity contribution >= 4 is 0 Å². The van der Waals surface area contributed by atoms with Crippen LogP contribution < -0.4 is 11.1 Å². The van der Waals surface area contributed by atoms with E-state index in [2.05, 4.69) is 35.6 Å². The number of hydrogen-bond acceptors (Lipinski definition) is 2. The van der Waals surface area contributed by atoms with Crippen molar-refractivity contribution in [3.05, 3.63) is 35.9 Å². The zero-order valence-electron chi connectivity index (χ0n) is 8.95. The van der Waals surface area contributed by atoms with Crippen molar-refractivity contribution in [3.8, 4) is 0 Å². The summed E-state index contributed by atoms with van der Waals surface area (Å²) in [6, 6.07) is 11.4. The van der Waals surface area contributed by atoms with Gasteiger partial charge in [-0.3, -0.25) is 0 Å². The maximum Gasteiger partial charge on any atom is 0.0282 e. The lowest BCUT2D eigenvalue weighted by molar-refractivity contribution is 0.561. The fourth-order valence-corrected chi connectivity index (χ4v) is 2.16. The molecule has 2 fully saturated rings. The lowest BCUT2D eigenvalue weighted by Gasteiger charge is -2.09. The fraction of sp³-hybridized carbons (Fsp3) is 0.538. The molecule has 1 aromatic rings. The van der Waals surface area contributed by atoms with Gasteiger partial charge < -0.3 is 11.1 Å². The van der Waals surface area contributed by atoms with Crippen molar-refractivity contribution in [1.29, 1.82) is 0 Å². The topological polar surface area (TPSA) is 38.0 Å². The van der Waals surface area contributed by atoms with Crippen molar-refractivity contribution in [3.63, 3.8) is 0 Å². The Morgan fingerprint density at radius 3 is 2.67 bits per heavy atom. The van der Waals surface area contributed by atoms with Crippen molar-refractivity contribution in [1.82, 2.24) is 5.32 Å². The minimum absolute atomic E-state index is 0.143.